The van der Waals surface area contributed by atoms with E-state index in [1.54, 1.807) is 13.3 Å². The lowest BCUT2D eigenvalue weighted by Crippen LogP contribution is -2.19. The van der Waals surface area contributed by atoms with E-state index in [2.05, 4.69) is 15.6 Å². The van der Waals surface area contributed by atoms with Gasteiger partial charge in [-0.2, -0.15) is 10.2 Å². The summed E-state index contributed by atoms with van der Waals surface area (Å²) in [6.07, 6.45) is 3.63. The number of aryl methyl sites for hydroxylation is 1. The van der Waals surface area contributed by atoms with E-state index < -0.39 is 0 Å². The molecule has 0 radical (unpaired) electrons. The number of hydrazone groups is 1. The molecule has 0 aromatic carbocycles. The van der Waals surface area contributed by atoms with Crippen LogP contribution in [0.3, 0.4) is 0 Å². The van der Waals surface area contributed by atoms with Crippen LogP contribution in [0, 0.1) is 0 Å². The Morgan fingerprint density at radius 1 is 1.21 bits per heavy atom. The second-order valence-corrected chi connectivity index (χ2v) is 4.57. The lowest BCUT2D eigenvalue weighted by Gasteiger charge is -2.08. The Morgan fingerprint density at radius 2 is 2.11 bits per heavy atom. The summed E-state index contributed by atoms with van der Waals surface area (Å²) in [5.41, 5.74) is 6.53. The van der Waals surface area contributed by atoms with E-state index in [4.69, 9.17) is 0 Å². The van der Waals surface area contributed by atoms with Gasteiger partial charge in [-0.05, 0) is 24.3 Å². The number of hydrogen-bond donors (Lipinski definition) is 1. The fourth-order valence-corrected chi connectivity index (χ4v) is 2.58. The first-order valence-corrected chi connectivity index (χ1v) is 5.97. The number of aromatic nitrogens is 2. The number of nitrogens with one attached hydrogen (secondary N) is 1. The van der Waals surface area contributed by atoms with Crippen molar-refractivity contribution in [1.82, 2.24) is 9.78 Å². The fourth-order valence-electron chi connectivity index (χ4n) is 2.58. The van der Waals surface area contributed by atoms with Gasteiger partial charge in [-0.25, -0.2) is 4.68 Å². The summed E-state index contributed by atoms with van der Waals surface area (Å²) in [7, 11) is 1.67. The molecule has 1 aliphatic heterocycles. The highest BCUT2D eigenvalue weighted by atomic mass is 16.1. The summed E-state index contributed by atoms with van der Waals surface area (Å²) in [4.78, 5) is 12.2. The van der Waals surface area contributed by atoms with E-state index in [1.165, 1.54) is 4.68 Å². The summed E-state index contributed by atoms with van der Waals surface area (Å²) >= 11 is 0. The second kappa shape index (κ2) is 3.41. The highest BCUT2D eigenvalue weighted by molar-refractivity contribution is 6.03. The monoisotopic (exact) mass is 250 g/mol. The zero-order chi connectivity index (χ0) is 13.0. The van der Waals surface area contributed by atoms with Crippen molar-refractivity contribution >= 4 is 28.9 Å². The summed E-state index contributed by atoms with van der Waals surface area (Å²) in [5, 5.41) is 10.0. The molecule has 0 amide bonds. The van der Waals surface area contributed by atoms with Crippen LogP contribution in [0.25, 0.3) is 28.1 Å². The second-order valence-electron chi connectivity index (χ2n) is 4.57. The van der Waals surface area contributed by atoms with E-state index in [1.807, 2.05) is 30.3 Å². The predicted molar refractivity (Wildman–Crippen MR) is 75.4 cm³/mol. The lowest BCUT2D eigenvalue weighted by atomic mass is 10.1. The van der Waals surface area contributed by atoms with Crippen molar-refractivity contribution in [2.75, 3.05) is 5.43 Å². The van der Waals surface area contributed by atoms with Crippen molar-refractivity contribution in [3.8, 4) is 11.1 Å². The Balaban J connectivity index is 2.30. The molecule has 0 unspecified atom stereocenters. The molecule has 1 aromatic heterocycles. The van der Waals surface area contributed by atoms with Crippen LogP contribution in [0.5, 0.6) is 0 Å². The largest absolute Gasteiger partial charge is 0.277 e. The van der Waals surface area contributed by atoms with Crippen molar-refractivity contribution in [3.05, 3.63) is 39.8 Å². The Kier molecular flexibility index (Phi) is 1.84. The normalized spacial score (nSPS) is 13.3. The SMILES string of the molecule is Cn1nc2ccc3c4c(ccc(c2-3)c1=O)=CC=NN4. The molecule has 2 aliphatic carbocycles. The maximum atomic E-state index is 12.2. The molecule has 1 aromatic rings. The van der Waals surface area contributed by atoms with Crippen LogP contribution in [0.4, 0.5) is 5.69 Å². The molecular weight excluding hydrogens is 240 g/mol. The van der Waals surface area contributed by atoms with Crippen molar-refractivity contribution in [1.29, 1.82) is 0 Å². The van der Waals surface area contributed by atoms with Crippen LogP contribution >= 0.6 is 0 Å². The van der Waals surface area contributed by atoms with Gasteiger partial charge in [0.25, 0.3) is 5.56 Å². The summed E-state index contributed by atoms with van der Waals surface area (Å²) in [6.45, 7) is 0. The number of fused-ring (bicyclic) bond motifs is 2. The maximum Gasteiger partial charge on any atom is 0.274 e. The molecule has 0 fully saturated rings. The van der Waals surface area contributed by atoms with E-state index in [0.717, 1.165) is 27.5 Å². The molecule has 0 saturated heterocycles. The van der Waals surface area contributed by atoms with Crippen LogP contribution < -0.4 is 16.2 Å². The van der Waals surface area contributed by atoms with Gasteiger partial charge in [0.1, 0.15) is 0 Å². The minimum absolute atomic E-state index is 0.0861. The van der Waals surface area contributed by atoms with Crippen LogP contribution in [0.15, 0.2) is 34.2 Å². The molecule has 5 nitrogen and oxygen atoms in total. The summed E-state index contributed by atoms with van der Waals surface area (Å²) in [6, 6.07) is 7.70. The van der Waals surface area contributed by atoms with E-state index in [-0.39, 0.29) is 5.56 Å². The number of nitrogens with zero attached hydrogens (tertiary/aromatic N) is 3. The first-order chi connectivity index (χ1) is 9.25. The average Bonchev–Trinajstić information content (AvgIpc) is 2.75. The zero-order valence-corrected chi connectivity index (χ0v) is 10.2. The van der Waals surface area contributed by atoms with Crippen LogP contribution in [0.1, 0.15) is 0 Å². The lowest BCUT2D eigenvalue weighted by molar-refractivity contribution is 0.732. The van der Waals surface area contributed by atoms with E-state index >= 15 is 0 Å². The third-order valence-corrected chi connectivity index (χ3v) is 3.48. The van der Waals surface area contributed by atoms with Gasteiger partial charge >= 0.3 is 0 Å². The standard InChI is InChI=1S/C14H10N4O/c1-18-14(19)10-3-2-8-6-7-15-16-13(8)9-4-5-11(17-18)12(9)10/h2-7,16H,1H3. The Labute approximate surface area is 108 Å². The van der Waals surface area contributed by atoms with Crippen LogP contribution in [0.2, 0.25) is 0 Å². The maximum absolute atomic E-state index is 12.2. The minimum atomic E-state index is -0.0861. The Bertz CT molecular complexity index is 923. The number of rotatable bonds is 0. The molecule has 1 N–H and O–H groups in total. The van der Waals surface area contributed by atoms with E-state index in [0.29, 0.717) is 5.39 Å². The van der Waals surface area contributed by atoms with Crippen molar-refractivity contribution < 1.29 is 0 Å². The van der Waals surface area contributed by atoms with Gasteiger partial charge in [0.05, 0.1) is 16.6 Å². The van der Waals surface area contributed by atoms with Gasteiger partial charge in [0, 0.05) is 29.6 Å². The van der Waals surface area contributed by atoms with Gasteiger partial charge in [-0.3, -0.25) is 10.2 Å². The molecule has 0 saturated carbocycles. The average molecular weight is 250 g/mol. The molecule has 5 heteroatoms. The van der Waals surface area contributed by atoms with Gasteiger partial charge in [-0.15, -0.1) is 0 Å². The molecular formula is C14H10N4O. The molecule has 92 valence electrons. The Hall–Kier alpha value is -2.69. The van der Waals surface area contributed by atoms with Crippen LogP contribution in [-0.2, 0) is 7.05 Å². The van der Waals surface area contributed by atoms with E-state index in [9.17, 15) is 4.79 Å². The quantitative estimate of drug-likeness (QED) is 0.646. The van der Waals surface area contributed by atoms with Gasteiger partial charge in [0.2, 0.25) is 0 Å². The fraction of sp³-hybridized carbons (Fsp3) is 0.0714. The molecule has 19 heavy (non-hydrogen) atoms. The first kappa shape index (κ1) is 10.3. The topological polar surface area (TPSA) is 59.3 Å². The minimum Gasteiger partial charge on any atom is -0.277 e. The summed E-state index contributed by atoms with van der Waals surface area (Å²) in [5.74, 6) is 0. The molecule has 4 rings (SSSR count). The van der Waals surface area contributed by atoms with Gasteiger partial charge in [0.15, 0.2) is 0 Å². The molecule has 0 atom stereocenters. The van der Waals surface area contributed by atoms with Crippen LogP contribution in [-0.4, -0.2) is 16.0 Å². The third-order valence-electron chi connectivity index (χ3n) is 3.48. The zero-order valence-electron chi connectivity index (χ0n) is 10.2. The molecule has 2 heterocycles. The van der Waals surface area contributed by atoms with Gasteiger partial charge < -0.3 is 0 Å². The molecule has 0 spiro atoms. The van der Waals surface area contributed by atoms with Gasteiger partial charge in [-0.1, -0.05) is 6.07 Å². The van der Waals surface area contributed by atoms with Crippen molar-refractivity contribution in [3.63, 3.8) is 0 Å². The van der Waals surface area contributed by atoms with Crippen molar-refractivity contribution in [2.45, 2.75) is 0 Å². The number of hydrogen-bond acceptors (Lipinski definition) is 4. The Morgan fingerprint density at radius 3 is 3.00 bits per heavy atom. The predicted octanol–water partition coefficient (Wildman–Crippen LogP) is 0.949. The molecule has 3 aliphatic rings. The highest BCUT2D eigenvalue weighted by Crippen LogP contribution is 2.34. The molecule has 0 bridgehead atoms. The summed E-state index contributed by atoms with van der Waals surface area (Å²) < 4.78 is 1.38. The highest BCUT2D eigenvalue weighted by Gasteiger charge is 2.18. The smallest absolute Gasteiger partial charge is 0.274 e. The third kappa shape index (κ3) is 1.26. The van der Waals surface area contributed by atoms with Crippen molar-refractivity contribution in [2.24, 2.45) is 12.1 Å². The first-order valence-electron chi connectivity index (χ1n) is 5.97. The number of anilines is 1.